The Kier molecular flexibility index (Phi) is 4.19. The van der Waals surface area contributed by atoms with Gasteiger partial charge >= 0.3 is 6.03 Å². The van der Waals surface area contributed by atoms with E-state index in [1.165, 1.54) is 0 Å². The standard InChI is InChI=1S/C12H21N5O/c1-3-16-6-8-17(9-7-16)12(18)13-10-11-4-5-14-15(11)2/h4-5H,3,6-10H2,1-2H3,(H,13,18). The van der Waals surface area contributed by atoms with Crippen LogP contribution in [0.25, 0.3) is 0 Å². The molecular formula is C12H21N5O. The fraction of sp³-hybridized carbons (Fsp3) is 0.667. The van der Waals surface area contributed by atoms with Gasteiger partial charge in [-0.15, -0.1) is 0 Å². The summed E-state index contributed by atoms with van der Waals surface area (Å²) >= 11 is 0. The summed E-state index contributed by atoms with van der Waals surface area (Å²) in [6.07, 6.45) is 1.74. The molecule has 0 bridgehead atoms. The highest BCUT2D eigenvalue weighted by Crippen LogP contribution is 2.02. The van der Waals surface area contributed by atoms with Crippen molar-refractivity contribution in [3.05, 3.63) is 18.0 Å². The second-order valence-corrected chi connectivity index (χ2v) is 4.53. The number of rotatable bonds is 3. The lowest BCUT2D eigenvalue weighted by molar-refractivity contribution is 0.142. The molecule has 1 aliphatic heterocycles. The number of nitrogens with one attached hydrogen (secondary N) is 1. The Morgan fingerprint density at radius 3 is 2.67 bits per heavy atom. The van der Waals surface area contributed by atoms with E-state index in [1.54, 1.807) is 10.9 Å². The summed E-state index contributed by atoms with van der Waals surface area (Å²) < 4.78 is 1.77. The third kappa shape index (κ3) is 3.01. The predicted octanol–water partition coefficient (Wildman–Crippen LogP) is 0.267. The Morgan fingerprint density at radius 1 is 1.39 bits per heavy atom. The van der Waals surface area contributed by atoms with Crippen LogP contribution in [0.4, 0.5) is 4.79 Å². The van der Waals surface area contributed by atoms with Crippen molar-refractivity contribution in [1.82, 2.24) is 24.9 Å². The molecule has 0 radical (unpaired) electrons. The van der Waals surface area contributed by atoms with Gasteiger partial charge in [0.1, 0.15) is 0 Å². The molecule has 1 fully saturated rings. The van der Waals surface area contributed by atoms with Gasteiger partial charge in [-0.25, -0.2) is 4.79 Å². The van der Waals surface area contributed by atoms with Crippen molar-refractivity contribution in [2.45, 2.75) is 13.5 Å². The molecule has 0 aromatic carbocycles. The summed E-state index contributed by atoms with van der Waals surface area (Å²) in [5.41, 5.74) is 1.01. The minimum absolute atomic E-state index is 0.0203. The zero-order chi connectivity index (χ0) is 13.0. The molecule has 2 rings (SSSR count). The molecule has 6 heteroatoms. The van der Waals surface area contributed by atoms with Crippen molar-refractivity contribution >= 4 is 6.03 Å². The average Bonchev–Trinajstić information content (AvgIpc) is 2.81. The first-order chi connectivity index (χ1) is 8.70. The summed E-state index contributed by atoms with van der Waals surface area (Å²) in [7, 11) is 1.88. The van der Waals surface area contributed by atoms with Crippen LogP contribution >= 0.6 is 0 Å². The molecule has 0 atom stereocenters. The number of hydrogen-bond acceptors (Lipinski definition) is 3. The van der Waals surface area contributed by atoms with Crippen molar-refractivity contribution in [2.75, 3.05) is 32.7 Å². The maximum Gasteiger partial charge on any atom is 0.317 e. The number of hydrogen-bond donors (Lipinski definition) is 1. The second-order valence-electron chi connectivity index (χ2n) is 4.53. The SMILES string of the molecule is CCN1CCN(C(=O)NCc2ccnn2C)CC1. The van der Waals surface area contributed by atoms with Crippen LogP contribution in [0.2, 0.25) is 0 Å². The Morgan fingerprint density at radius 2 is 2.11 bits per heavy atom. The van der Waals surface area contributed by atoms with Gasteiger partial charge in [-0.05, 0) is 12.6 Å². The first-order valence-electron chi connectivity index (χ1n) is 6.42. The molecule has 1 aliphatic rings. The third-order valence-electron chi connectivity index (χ3n) is 3.45. The number of likely N-dealkylation sites (N-methyl/N-ethyl adjacent to an activating group) is 1. The van der Waals surface area contributed by atoms with E-state index in [1.807, 2.05) is 18.0 Å². The predicted molar refractivity (Wildman–Crippen MR) is 69.1 cm³/mol. The summed E-state index contributed by atoms with van der Waals surface area (Å²) in [6, 6.07) is 1.93. The van der Waals surface area contributed by atoms with Gasteiger partial charge in [0, 0.05) is 39.4 Å². The Labute approximate surface area is 108 Å². The van der Waals surface area contributed by atoms with E-state index in [2.05, 4.69) is 22.2 Å². The number of carbonyl (C=O) groups excluding carboxylic acids is 1. The van der Waals surface area contributed by atoms with Gasteiger partial charge in [0.25, 0.3) is 0 Å². The molecule has 6 nitrogen and oxygen atoms in total. The van der Waals surface area contributed by atoms with Crippen molar-refractivity contribution in [3.63, 3.8) is 0 Å². The average molecular weight is 251 g/mol. The zero-order valence-electron chi connectivity index (χ0n) is 11.1. The fourth-order valence-electron chi connectivity index (χ4n) is 2.12. The molecule has 0 aliphatic carbocycles. The summed E-state index contributed by atoms with van der Waals surface area (Å²) in [4.78, 5) is 16.2. The van der Waals surface area contributed by atoms with Crippen molar-refractivity contribution in [3.8, 4) is 0 Å². The third-order valence-corrected chi connectivity index (χ3v) is 3.45. The van der Waals surface area contributed by atoms with E-state index in [0.717, 1.165) is 38.4 Å². The van der Waals surface area contributed by atoms with Crippen molar-refractivity contribution in [2.24, 2.45) is 7.05 Å². The van der Waals surface area contributed by atoms with Gasteiger partial charge in [-0.3, -0.25) is 4.68 Å². The van der Waals surface area contributed by atoms with Gasteiger partial charge in [-0.1, -0.05) is 6.92 Å². The molecule has 0 saturated carbocycles. The van der Waals surface area contributed by atoms with Crippen LogP contribution in [-0.4, -0.2) is 58.3 Å². The number of piperazine rings is 1. The number of aromatic nitrogens is 2. The van der Waals surface area contributed by atoms with E-state index in [4.69, 9.17) is 0 Å². The van der Waals surface area contributed by atoms with Crippen molar-refractivity contribution < 1.29 is 4.79 Å². The molecule has 1 N–H and O–H groups in total. The van der Waals surface area contributed by atoms with Gasteiger partial charge in [0.15, 0.2) is 0 Å². The Balaban J connectivity index is 1.77. The van der Waals surface area contributed by atoms with Crippen LogP contribution in [0.1, 0.15) is 12.6 Å². The number of carbonyl (C=O) groups is 1. The molecule has 0 unspecified atom stereocenters. The molecule has 0 spiro atoms. The van der Waals surface area contributed by atoms with E-state index >= 15 is 0 Å². The van der Waals surface area contributed by atoms with E-state index < -0.39 is 0 Å². The maximum atomic E-state index is 12.0. The number of urea groups is 1. The molecule has 1 saturated heterocycles. The van der Waals surface area contributed by atoms with Crippen molar-refractivity contribution in [1.29, 1.82) is 0 Å². The smallest absolute Gasteiger partial charge is 0.317 e. The quantitative estimate of drug-likeness (QED) is 0.839. The van der Waals surface area contributed by atoms with E-state index in [9.17, 15) is 4.79 Å². The summed E-state index contributed by atoms with van der Waals surface area (Å²) in [5, 5.41) is 7.01. The lowest BCUT2D eigenvalue weighted by Crippen LogP contribution is -2.51. The van der Waals surface area contributed by atoms with E-state index in [0.29, 0.717) is 6.54 Å². The molecular weight excluding hydrogens is 230 g/mol. The lowest BCUT2D eigenvalue weighted by Gasteiger charge is -2.33. The topological polar surface area (TPSA) is 53.4 Å². The van der Waals surface area contributed by atoms with Crippen LogP contribution < -0.4 is 5.32 Å². The molecule has 1 aromatic rings. The van der Waals surface area contributed by atoms with E-state index in [-0.39, 0.29) is 6.03 Å². The van der Waals surface area contributed by atoms with Crippen LogP contribution in [0.3, 0.4) is 0 Å². The van der Waals surface area contributed by atoms with Gasteiger partial charge in [-0.2, -0.15) is 5.10 Å². The maximum absolute atomic E-state index is 12.0. The number of amides is 2. The Hall–Kier alpha value is -1.56. The fourth-order valence-corrected chi connectivity index (χ4v) is 2.12. The highest BCUT2D eigenvalue weighted by atomic mass is 16.2. The summed E-state index contributed by atoms with van der Waals surface area (Å²) in [5.74, 6) is 0. The molecule has 1 aromatic heterocycles. The molecule has 2 amide bonds. The van der Waals surface area contributed by atoms with Crippen LogP contribution in [0.15, 0.2) is 12.3 Å². The number of nitrogens with zero attached hydrogens (tertiary/aromatic N) is 4. The second kappa shape index (κ2) is 5.86. The largest absolute Gasteiger partial charge is 0.332 e. The minimum Gasteiger partial charge on any atom is -0.332 e. The Bertz CT molecular complexity index is 395. The summed E-state index contributed by atoms with van der Waals surface area (Å²) in [6.45, 7) is 7.30. The first-order valence-corrected chi connectivity index (χ1v) is 6.42. The van der Waals surface area contributed by atoms with Gasteiger partial charge in [0.2, 0.25) is 0 Å². The normalized spacial score (nSPS) is 16.9. The molecule has 18 heavy (non-hydrogen) atoms. The van der Waals surface area contributed by atoms with Gasteiger partial charge in [0.05, 0.1) is 12.2 Å². The van der Waals surface area contributed by atoms with Crippen LogP contribution in [0.5, 0.6) is 0 Å². The minimum atomic E-state index is 0.0203. The lowest BCUT2D eigenvalue weighted by atomic mass is 10.3. The first kappa shape index (κ1) is 12.9. The van der Waals surface area contributed by atoms with Gasteiger partial charge < -0.3 is 15.1 Å². The number of aryl methyl sites for hydroxylation is 1. The highest BCUT2D eigenvalue weighted by molar-refractivity contribution is 5.74. The molecule has 100 valence electrons. The van der Waals surface area contributed by atoms with Crippen LogP contribution in [-0.2, 0) is 13.6 Å². The molecule has 2 heterocycles. The van der Waals surface area contributed by atoms with Crippen LogP contribution in [0, 0.1) is 0 Å². The monoisotopic (exact) mass is 251 g/mol. The zero-order valence-corrected chi connectivity index (χ0v) is 11.1. The highest BCUT2D eigenvalue weighted by Gasteiger charge is 2.19.